The molecule has 10 fully saturated rings. The summed E-state index contributed by atoms with van der Waals surface area (Å²) < 4.78 is 0. The molecular weight excluding hydrogens is 651 g/mol. The molecule has 2 saturated heterocycles. The van der Waals surface area contributed by atoms with Crippen LogP contribution in [0.4, 0.5) is 0 Å². The second-order valence-corrected chi connectivity index (χ2v) is 34.9. The molecule has 3 unspecified atom stereocenters. The number of rotatable bonds is 9. The normalized spacial score (nSPS) is 43.6. The fraction of sp³-hybridized carbons (Fsp3) is 0.857. The highest BCUT2D eigenvalue weighted by Crippen LogP contribution is 2.72. The Labute approximate surface area is 300 Å². The first-order valence-electron chi connectivity index (χ1n) is 21.1. The molecular formula is C42H70N2P2Si2. The molecule has 0 amide bonds. The summed E-state index contributed by atoms with van der Waals surface area (Å²) in [6.45, 7) is 18.3. The van der Waals surface area contributed by atoms with Crippen molar-refractivity contribution < 1.29 is 0 Å². The predicted molar refractivity (Wildman–Crippen MR) is 218 cm³/mol. The highest BCUT2D eigenvalue weighted by molar-refractivity contribution is 7.58. The zero-order chi connectivity index (χ0) is 33.2. The highest BCUT2D eigenvalue weighted by Gasteiger charge is 2.57. The minimum Gasteiger partial charge on any atom is -0.313 e. The minimum absolute atomic E-state index is 0.0337. The van der Waals surface area contributed by atoms with Crippen LogP contribution in [0.3, 0.4) is 0 Å². The van der Waals surface area contributed by atoms with Gasteiger partial charge in [-0.25, -0.2) is 0 Å². The third kappa shape index (κ3) is 5.81. The van der Waals surface area contributed by atoms with E-state index in [0.29, 0.717) is 12.1 Å². The van der Waals surface area contributed by atoms with Gasteiger partial charge in [0.1, 0.15) is 0 Å². The first-order chi connectivity index (χ1) is 22.9. The minimum atomic E-state index is -1.56. The molecule has 48 heavy (non-hydrogen) atoms. The van der Waals surface area contributed by atoms with Crippen molar-refractivity contribution >= 4 is 43.7 Å². The Balaban J connectivity index is 1.21. The summed E-state index contributed by atoms with van der Waals surface area (Å²) in [6.07, 6.45) is 22.9. The standard InChI is InChI=1S/C42H70N2P2Si2/c1-47(2,3)36-23-34(35(24-37(36)48(4,5)6)42(45,38-9-7-11-43-38)39-10-8-12-44-39)25-46(40-30-15-26-13-27(17-30)18-31(40)16-26)41-32-19-28-14-29(21-32)22-33(41)20-28/h23-24,26-33,38-41,43-44H,7-22,25,45H2,1-6H3. The average molecular weight is 721 g/mol. The zero-order valence-electron chi connectivity index (χ0n) is 31.6. The summed E-state index contributed by atoms with van der Waals surface area (Å²) in [5.41, 5.74) is 5.80. The molecule has 0 radical (unpaired) electrons. The van der Waals surface area contributed by atoms with Crippen LogP contribution in [-0.4, -0.2) is 52.6 Å². The Morgan fingerprint density at radius 2 is 1.02 bits per heavy atom. The molecule has 11 rings (SSSR count). The number of hydrogen-bond donors (Lipinski definition) is 2. The maximum Gasteiger partial charge on any atom is 0.0774 e. The van der Waals surface area contributed by atoms with E-state index >= 15 is 0 Å². The van der Waals surface area contributed by atoms with Crippen molar-refractivity contribution in [3.63, 3.8) is 0 Å². The van der Waals surface area contributed by atoms with Gasteiger partial charge < -0.3 is 10.6 Å². The van der Waals surface area contributed by atoms with Gasteiger partial charge in [0.25, 0.3) is 0 Å². The van der Waals surface area contributed by atoms with Gasteiger partial charge >= 0.3 is 0 Å². The second kappa shape index (κ2) is 12.5. The summed E-state index contributed by atoms with van der Waals surface area (Å²) in [4.78, 5) is 0. The monoisotopic (exact) mass is 720 g/mol. The van der Waals surface area contributed by atoms with Crippen LogP contribution in [0, 0.1) is 47.3 Å². The van der Waals surface area contributed by atoms with Crippen LogP contribution >= 0.6 is 17.2 Å². The topological polar surface area (TPSA) is 24.1 Å². The van der Waals surface area contributed by atoms with Crippen molar-refractivity contribution in [2.24, 2.45) is 47.3 Å². The number of nitrogens with one attached hydrogen (secondary N) is 2. The van der Waals surface area contributed by atoms with E-state index in [-0.39, 0.29) is 13.1 Å². The average Bonchev–Trinajstić information content (AvgIpc) is 3.74. The molecule has 2 nitrogen and oxygen atoms in total. The zero-order valence-corrected chi connectivity index (χ0v) is 35.7. The van der Waals surface area contributed by atoms with Crippen LogP contribution in [0.15, 0.2) is 12.1 Å². The summed E-state index contributed by atoms with van der Waals surface area (Å²) in [6, 6.07) is 7.04. The van der Waals surface area contributed by atoms with Crippen molar-refractivity contribution in [3.05, 3.63) is 23.3 Å². The maximum atomic E-state index is 4.13. The molecule has 3 atom stereocenters. The van der Waals surface area contributed by atoms with E-state index in [9.17, 15) is 0 Å². The van der Waals surface area contributed by atoms with Gasteiger partial charge in [0, 0.05) is 17.2 Å². The molecule has 8 saturated carbocycles. The first kappa shape index (κ1) is 34.2. The van der Waals surface area contributed by atoms with Crippen molar-refractivity contribution in [2.75, 3.05) is 13.1 Å². The number of benzene rings is 1. The Kier molecular flexibility index (Phi) is 8.91. The molecule has 2 N–H and O–H groups in total. The maximum absolute atomic E-state index is 4.13. The van der Waals surface area contributed by atoms with Gasteiger partial charge in [-0.1, -0.05) is 69.7 Å². The van der Waals surface area contributed by atoms with Gasteiger partial charge in [0.2, 0.25) is 0 Å². The van der Waals surface area contributed by atoms with Crippen molar-refractivity contribution in [1.82, 2.24) is 10.6 Å². The van der Waals surface area contributed by atoms with Gasteiger partial charge in [-0.3, -0.25) is 0 Å². The molecule has 0 aromatic heterocycles. The summed E-state index contributed by atoms with van der Waals surface area (Å²) >= 11 is 0. The SMILES string of the molecule is C[Si](C)(C)c1cc(CP(C2C3CC4CC(C3)CC2C4)C2C3CC4CC(C3)CC2C4)c(C(P)(C2CCCN2)C2CCCN2)cc1[Si](C)(C)C. The van der Waals surface area contributed by atoms with Gasteiger partial charge in [-0.15, -0.1) is 9.24 Å². The first-order valence-corrected chi connectivity index (χ1v) is 30.3. The third-order valence-electron chi connectivity index (χ3n) is 16.1. The fourth-order valence-electron chi connectivity index (χ4n) is 14.7. The highest BCUT2D eigenvalue weighted by atomic mass is 31.1. The van der Waals surface area contributed by atoms with Crippen molar-refractivity contribution in [2.45, 2.75) is 164 Å². The lowest BCUT2D eigenvalue weighted by Crippen LogP contribution is -2.59. The molecule has 1 aromatic carbocycles. The van der Waals surface area contributed by atoms with E-state index in [1.807, 2.05) is 15.9 Å². The largest absolute Gasteiger partial charge is 0.313 e. The van der Waals surface area contributed by atoms with E-state index in [1.165, 1.54) is 44.9 Å². The quantitative estimate of drug-likeness (QED) is 0.197. The molecule has 8 aliphatic carbocycles. The molecule has 8 bridgehead atoms. The molecule has 2 heterocycles. The second-order valence-electron chi connectivity index (χ2n) is 21.3. The van der Waals surface area contributed by atoms with Crippen LogP contribution in [-0.2, 0) is 11.3 Å². The lowest BCUT2D eigenvalue weighted by molar-refractivity contribution is 0.0129. The van der Waals surface area contributed by atoms with Crippen molar-refractivity contribution in [1.29, 1.82) is 0 Å². The summed E-state index contributed by atoms with van der Waals surface area (Å²) in [5.74, 6) is 8.63. The van der Waals surface area contributed by atoms with Crippen LogP contribution in [0.2, 0.25) is 39.3 Å². The fourth-order valence-corrected chi connectivity index (χ4v) is 25.4. The lowest BCUT2D eigenvalue weighted by atomic mass is 9.55. The van der Waals surface area contributed by atoms with Gasteiger partial charge in [-0.05, 0) is 179 Å². The van der Waals surface area contributed by atoms with E-state index in [1.54, 1.807) is 69.8 Å². The van der Waals surface area contributed by atoms with Gasteiger partial charge in [-0.2, -0.15) is 0 Å². The lowest BCUT2D eigenvalue weighted by Gasteiger charge is -2.62. The third-order valence-corrected chi connectivity index (χ3v) is 25.4. The van der Waals surface area contributed by atoms with Crippen LogP contribution in [0.5, 0.6) is 0 Å². The van der Waals surface area contributed by atoms with E-state index in [2.05, 4.69) is 71.3 Å². The Bertz CT molecular complexity index is 1250. The molecule has 1 aromatic rings. The van der Waals surface area contributed by atoms with E-state index in [4.69, 9.17) is 0 Å². The Morgan fingerprint density at radius 3 is 1.38 bits per heavy atom. The summed E-state index contributed by atoms with van der Waals surface area (Å²) in [5, 5.41) is 12.0. The molecule has 0 spiro atoms. The Hall–Kier alpha value is 0.434. The summed E-state index contributed by atoms with van der Waals surface area (Å²) in [7, 11) is 0.527. The smallest absolute Gasteiger partial charge is 0.0774 e. The molecule has 10 aliphatic rings. The van der Waals surface area contributed by atoms with E-state index < -0.39 is 16.1 Å². The number of hydrogen-bond acceptors (Lipinski definition) is 2. The van der Waals surface area contributed by atoms with Crippen LogP contribution < -0.4 is 21.0 Å². The van der Waals surface area contributed by atoms with Gasteiger partial charge in [0.05, 0.1) is 16.1 Å². The predicted octanol–water partition coefficient (Wildman–Crippen LogP) is 8.98. The van der Waals surface area contributed by atoms with Crippen LogP contribution in [0.25, 0.3) is 0 Å². The van der Waals surface area contributed by atoms with Crippen molar-refractivity contribution in [3.8, 4) is 0 Å². The molecule has 2 aliphatic heterocycles. The van der Waals surface area contributed by atoms with Gasteiger partial charge in [0.15, 0.2) is 0 Å². The molecule has 6 heteroatoms. The van der Waals surface area contributed by atoms with E-state index in [0.717, 1.165) is 58.7 Å². The van der Waals surface area contributed by atoms with Crippen LogP contribution in [0.1, 0.15) is 101 Å². The molecule has 266 valence electrons. The Morgan fingerprint density at radius 1 is 0.625 bits per heavy atom.